The van der Waals surface area contributed by atoms with Gasteiger partial charge in [0, 0.05) is 12.6 Å². The minimum absolute atomic E-state index is 0.0272. The van der Waals surface area contributed by atoms with Gasteiger partial charge in [-0.2, -0.15) is 34.8 Å². The lowest BCUT2D eigenvalue weighted by Gasteiger charge is -2.44. The molecule has 0 radical (unpaired) electrons. The first-order valence-corrected chi connectivity index (χ1v) is 11.6. The number of hydrogen-bond donors (Lipinski definition) is 0. The number of alkyl halides is 5. The molecule has 14 heteroatoms. The highest BCUT2D eigenvalue weighted by Crippen LogP contribution is 2.38. The summed E-state index contributed by atoms with van der Waals surface area (Å²) in [6, 6.07) is -0.547. The average Bonchev–Trinajstić information content (AvgIpc) is 2.57. The van der Waals surface area contributed by atoms with Gasteiger partial charge >= 0.3 is 27.4 Å². The van der Waals surface area contributed by atoms with Crippen molar-refractivity contribution in [3.05, 3.63) is 0 Å². The SMILES string of the molecule is O=C(N1CCCC2CCCCC21)C(F)(F)S(=O)(=O)/N=C/S(=O)(=O)CC(F)(F)F. The van der Waals surface area contributed by atoms with Gasteiger partial charge in [0.1, 0.15) is 5.55 Å². The topological polar surface area (TPSA) is 101 Å². The highest BCUT2D eigenvalue weighted by Gasteiger charge is 2.57. The molecule has 28 heavy (non-hydrogen) atoms. The second-order valence-electron chi connectivity index (χ2n) is 6.88. The molecule has 2 rings (SSSR count). The van der Waals surface area contributed by atoms with E-state index in [9.17, 15) is 43.6 Å². The minimum Gasteiger partial charge on any atom is -0.333 e. The summed E-state index contributed by atoms with van der Waals surface area (Å²) in [5, 5.41) is -5.09. The number of amides is 1. The van der Waals surface area contributed by atoms with Crippen LogP contribution in [0.5, 0.6) is 0 Å². The molecule has 1 aliphatic carbocycles. The highest BCUT2D eigenvalue weighted by molar-refractivity contribution is 8.05. The van der Waals surface area contributed by atoms with Crippen LogP contribution in [0.15, 0.2) is 4.40 Å². The van der Waals surface area contributed by atoms with Gasteiger partial charge in [0.15, 0.2) is 15.6 Å². The predicted molar refractivity (Wildman–Crippen MR) is 88.9 cm³/mol. The largest absolute Gasteiger partial charge is 0.442 e. The molecule has 2 fully saturated rings. The first-order valence-electron chi connectivity index (χ1n) is 8.44. The third-order valence-electron chi connectivity index (χ3n) is 4.78. The molecule has 0 aromatic heterocycles. The summed E-state index contributed by atoms with van der Waals surface area (Å²) in [5.74, 6) is -4.52. The molecule has 1 amide bonds. The van der Waals surface area contributed by atoms with Gasteiger partial charge in [-0.25, -0.2) is 8.42 Å². The van der Waals surface area contributed by atoms with E-state index < -0.39 is 54.5 Å². The Morgan fingerprint density at radius 2 is 1.57 bits per heavy atom. The summed E-state index contributed by atoms with van der Waals surface area (Å²) in [7, 11) is -11.3. The van der Waals surface area contributed by atoms with Crippen LogP contribution in [0.3, 0.4) is 0 Å². The molecule has 0 N–H and O–H groups in total. The van der Waals surface area contributed by atoms with Crippen molar-refractivity contribution >= 4 is 31.3 Å². The Balaban J connectivity index is 2.23. The summed E-state index contributed by atoms with van der Waals surface area (Å²) in [5.41, 5.74) is -0.698. The summed E-state index contributed by atoms with van der Waals surface area (Å²) < 4.78 is 113. The third kappa shape index (κ3) is 5.19. The van der Waals surface area contributed by atoms with E-state index in [0.29, 0.717) is 19.3 Å². The molecule has 2 aliphatic rings. The number of hydrogen-bond acceptors (Lipinski definition) is 5. The van der Waals surface area contributed by atoms with Crippen molar-refractivity contribution in [3.8, 4) is 0 Å². The standard InChI is InChI=1S/C14H19F5N2O5S2/c15-13(16,17)8-27(23,24)9-20-28(25,26)14(18,19)12(22)21-7-3-5-10-4-1-2-6-11(10)21/h9-11H,1-8H2/b20-9+. The molecule has 1 saturated heterocycles. The molecule has 0 aromatic rings. The molecule has 0 spiro atoms. The van der Waals surface area contributed by atoms with Gasteiger partial charge in [-0.3, -0.25) is 4.79 Å². The fourth-order valence-electron chi connectivity index (χ4n) is 3.61. The lowest BCUT2D eigenvalue weighted by atomic mass is 9.78. The van der Waals surface area contributed by atoms with Gasteiger partial charge in [-0.15, -0.1) is 0 Å². The molecule has 0 bridgehead atoms. The van der Waals surface area contributed by atoms with Gasteiger partial charge in [0.25, 0.3) is 0 Å². The first-order chi connectivity index (χ1) is 12.7. The number of fused-ring (bicyclic) bond motifs is 1. The summed E-state index contributed by atoms with van der Waals surface area (Å²) >= 11 is 0. The van der Waals surface area contributed by atoms with Crippen LogP contribution in [-0.4, -0.2) is 63.0 Å². The van der Waals surface area contributed by atoms with Crippen LogP contribution in [0.4, 0.5) is 22.0 Å². The number of sulfone groups is 1. The van der Waals surface area contributed by atoms with Crippen molar-refractivity contribution in [2.75, 3.05) is 12.3 Å². The zero-order valence-corrected chi connectivity index (χ0v) is 16.2. The molecule has 162 valence electrons. The van der Waals surface area contributed by atoms with Crippen LogP contribution >= 0.6 is 0 Å². The number of carbonyl (C=O) groups is 1. The maximum absolute atomic E-state index is 14.3. The maximum Gasteiger partial charge on any atom is 0.442 e. The summed E-state index contributed by atoms with van der Waals surface area (Å²) in [4.78, 5) is 13.1. The minimum atomic E-state index is -6.04. The van der Waals surface area contributed by atoms with E-state index in [-0.39, 0.29) is 12.5 Å². The fraction of sp³-hybridized carbons (Fsp3) is 0.857. The monoisotopic (exact) mass is 454 g/mol. The Hall–Kier alpha value is -1.31. The number of sulfonamides is 1. The number of halogens is 5. The molecule has 1 heterocycles. The Kier molecular flexibility index (Phi) is 6.43. The summed E-state index contributed by atoms with van der Waals surface area (Å²) in [6.07, 6.45) is -1.35. The molecule has 2 unspecified atom stereocenters. The van der Waals surface area contributed by atoms with Gasteiger partial charge < -0.3 is 4.90 Å². The van der Waals surface area contributed by atoms with Crippen LogP contribution in [0.2, 0.25) is 0 Å². The van der Waals surface area contributed by atoms with Crippen molar-refractivity contribution in [3.63, 3.8) is 0 Å². The Morgan fingerprint density at radius 1 is 1.00 bits per heavy atom. The van der Waals surface area contributed by atoms with Gasteiger partial charge in [0.2, 0.25) is 0 Å². The zero-order chi connectivity index (χ0) is 21.4. The molecule has 0 aromatic carbocycles. The molecule has 7 nitrogen and oxygen atoms in total. The van der Waals surface area contributed by atoms with Crippen LogP contribution < -0.4 is 0 Å². The summed E-state index contributed by atoms with van der Waals surface area (Å²) in [6.45, 7) is -0.0821. The van der Waals surface area contributed by atoms with Crippen molar-refractivity contribution in [1.29, 1.82) is 0 Å². The zero-order valence-electron chi connectivity index (χ0n) is 14.5. The molecular formula is C14H19F5N2O5S2. The van der Waals surface area contributed by atoms with E-state index in [0.717, 1.165) is 24.2 Å². The number of nitrogens with zero attached hydrogens (tertiary/aromatic N) is 2. The second kappa shape index (κ2) is 7.84. The fourth-order valence-corrected chi connectivity index (χ4v) is 5.59. The van der Waals surface area contributed by atoms with E-state index >= 15 is 0 Å². The van der Waals surface area contributed by atoms with E-state index in [1.165, 1.54) is 0 Å². The van der Waals surface area contributed by atoms with Gasteiger partial charge in [-0.05, 0) is 31.6 Å². The van der Waals surface area contributed by atoms with E-state index in [1.54, 1.807) is 0 Å². The molecule has 1 saturated carbocycles. The normalized spacial score (nSPS) is 25.0. The van der Waals surface area contributed by atoms with Crippen LogP contribution in [0.1, 0.15) is 38.5 Å². The highest BCUT2D eigenvalue weighted by atomic mass is 32.2. The Bertz CT molecular complexity index is 837. The molecule has 2 atom stereocenters. The third-order valence-corrected chi connectivity index (χ3v) is 7.28. The lowest BCUT2D eigenvalue weighted by molar-refractivity contribution is -0.153. The van der Waals surface area contributed by atoms with Crippen molar-refractivity contribution in [1.82, 2.24) is 4.90 Å². The molecule has 1 aliphatic heterocycles. The van der Waals surface area contributed by atoms with E-state index in [2.05, 4.69) is 4.40 Å². The second-order valence-corrected chi connectivity index (χ2v) is 10.4. The predicted octanol–water partition coefficient (Wildman–Crippen LogP) is 2.10. The Labute approximate surface area is 159 Å². The average molecular weight is 454 g/mol. The van der Waals surface area contributed by atoms with Gasteiger partial charge in [-0.1, -0.05) is 12.8 Å². The number of carbonyl (C=O) groups excluding carboxylic acids is 1. The quantitative estimate of drug-likeness (QED) is 0.360. The van der Waals surface area contributed by atoms with Gasteiger partial charge in [0.05, 0.1) is 0 Å². The van der Waals surface area contributed by atoms with E-state index in [1.807, 2.05) is 0 Å². The van der Waals surface area contributed by atoms with Crippen LogP contribution in [-0.2, 0) is 24.7 Å². The number of rotatable bonds is 5. The van der Waals surface area contributed by atoms with E-state index in [4.69, 9.17) is 0 Å². The Morgan fingerprint density at radius 3 is 2.18 bits per heavy atom. The van der Waals surface area contributed by atoms with Crippen molar-refractivity contribution in [2.24, 2.45) is 10.3 Å². The van der Waals surface area contributed by atoms with Crippen LogP contribution in [0.25, 0.3) is 0 Å². The number of likely N-dealkylation sites (tertiary alicyclic amines) is 1. The van der Waals surface area contributed by atoms with Crippen LogP contribution in [0, 0.1) is 5.92 Å². The number of piperidine rings is 1. The first kappa shape index (κ1) is 23.0. The van der Waals surface area contributed by atoms with Crippen molar-refractivity contribution < 1.29 is 43.6 Å². The molecular weight excluding hydrogens is 435 g/mol. The smallest absolute Gasteiger partial charge is 0.333 e. The lowest BCUT2D eigenvalue weighted by Crippen LogP contribution is -2.56. The van der Waals surface area contributed by atoms with Crippen molar-refractivity contribution in [2.45, 2.75) is 56.0 Å². The maximum atomic E-state index is 14.3.